The molecule has 1 saturated heterocycles. The third-order valence-corrected chi connectivity index (χ3v) is 5.93. The van der Waals surface area contributed by atoms with Crippen molar-refractivity contribution in [1.82, 2.24) is 4.90 Å². The number of anilines is 1. The predicted octanol–water partition coefficient (Wildman–Crippen LogP) is 3.09. The van der Waals surface area contributed by atoms with Gasteiger partial charge in [0.15, 0.2) is 0 Å². The molecule has 2 amide bonds. The van der Waals surface area contributed by atoms with Gasteiger partial charge in [0.25, 0.3) is 5.91 Å². The Hall–Kier alpha value is -2.19. The van der Waals surface area contributed by atoms with E-state index in [9.17, 15) is 14.4 Å². The largest absolute Gasteiger partial charge is 0.465 e. The lowest BCUT2D eigenvalue weighted by atomic mass is 9.95. The van der Waals surface area contributed by atoms with E-state index in [1.54, 1.807) is 16.3 Å². The van der Waals surface area contributed by atoms with Crippen molar-refractivity contribution in [1.29, 1.82) is 0 Å². The molecule has 3 rings (SSSR count). The van der Waals surface area contributed by atoms with Gasteiger partial charge in [0.1, 0.15) is 4.88 Å². The van der Waals surface area contributed by atoms with Gasteiger partial charge in [-0.1, -0.05) is 6.07 Å². The fraction of sp³-hybridized carbons (Fsp3) is 0.353. The van der Waals surface area contributed by atoms with E-state index in [0.29, 0.717) is 36.5 Å². The second-order valence-electron chi connectivity index (χ2n) is 5.69. The molecule has 132 valence electrons. The molecule has 6 nitrogen and oxygen atoms in total. The molecule has 1 N–H and O–H groups in total. The fourth-order valence-corrected chi connectivity index (χ4v) is 4.25. The average Bonchev–Trinajstić information content (AvgIpc) is 3.32. The van der Waals surface area contributed by atoms with Crippen LogP contribution in [0.5, 0.6) is 0 Å². The van der Waals surface area contributed by atoms with Crippen molar-refractivity contribution < 1.29 is 19.1 Å². The first kappa shape index (κ1) is 17.6. The summed E-state index contributed by atoms with van der Waals surface area (Å²) in [6.07, 6.45) is 1.22. The van der Waals surface area contributed by atoms with Crippen LogP contribution in [0.2, 0.25) is 0 Å². The van der Waals surface area contributed by atoms with Gasteiger partial charge in [0.05, 0.1) is 17.7 Å². The maximum absolute atomic E-state index is 12.5. The number of esters is 1. The number of piperidine rings is 1. The van der Waals surface area contributed by atoms with E-state index < -0.39 is 5.97 Å². The van der Waals surface area contributed by atoms with Crippen LogP contribution in [0.15, 0.2) is 29.0 Å². The first-order chi connectivity index (χ1) is 12.1. The number of hydrogen-bond donors (Lipinski definition) is 1. The summed E-state index contributed by atoms with van der Waals surface area (Å²) in [6.45, 7) is 1.12. The molecule has 2 aromatic rings. The highest BCUT2D eigenvalue weighted by Gasteiger charge is 2.29. The number of nitrogens with zero attached hydrogens (tertiary/aromatic N) is 1. The molecular weight excluding hydrogens is 360 g/mol. The van der Waals surface area contributed by atoms with Crippen LogP contribution >= 0.6 is 22.7 Å². The second kappa shape index (κ2) is 7.79. The van der Waals surface area contributed by atoms with Gasteiger partial charge < -0.3 is 15.0 Å². The number of methoxy groups -OCH3 is 1. The van der Waals surface area contributed by atoms with Gasteiger partial charge in [0.2, 0.25) is 5.91 Å². The summed E-state index contributed by atoms with van der Waals surface area (Å²) < 4.78 is 4.72. The number of carbonyl (C=O) groups excluding carboxylic acids is 3. The zero-order chi connectivity index (χ0) is 17.8. The molecule has 0 aromatic carbocycles. The number of nitrogens with one attached hydrogen (secondary N) is 1. The predicted molar refractivity (Wildman–Crippen MR) is 97.2 cm³/mol. The molecule has 0 radical (unpaired) electrons. The molecular formula is C17H18N2O4S2. The number of likely N-dealkylation sites (tertiary alicyclic amines) is 1. The fourth-order valence-electron chi connectivity index (χ4n) is 2.79. The van der Waals surface area contributed by atoms with Crippen LogP contribution in [0, 0.1) is 5.92 Å². The Bertz CT molecular complexity index is 761. The topological polar surface area (TPSA) is 75.7 Å². The lowest BCUT2D eigenvalue weighted by Gasteiger charge is -2.31. The summed E-state index contributed by atoms with van der Waals surface area (Å²) in [5, 5.41) is 6.44. The quantitative estimate of drug-likeness (QED) is 0.830. The summed E-state index contributed by atoms with van der Waals surface area (Å²) in [7, 11) is 1.31. The molecule has 0 bridgehead atoms. The summed E-state index contributed by atoms with van der Waals surface area (Å²) in [4.78, 5) is 39.4. The summed E-state index contributed by atoms with van der Waals surface area (Å²) in [5.74, 6) is -0.717. The number of hydrogen-bond acceptors (Lipinski definition) is 6. The van der Waals surface area contributed by atoms with Crippen molar-refractivity contribution >= 4 is 46.1 Å². The maximum atomic E-state index is 12.5. The maximum Gasteiger partial charge on any atom is 0.350 e. The Morgan fingerprint density at radius 1 is 1.16 bits per heavy atom. The SMILES string of the molecule is COC(=O)c1sccc1NC(=O)C1CCN(C(=O)c2cccs2)CC1. The van der Waals surface area contributed by atoms with Crippen molar-refractivity contribution in [3.8, 4) is 0 Å². The van der Waals surface area contributed by atoms with E-state index in [2.05, 4.69) is 5.32 Å². The monoisotopic (exact) mass is 378 g/mol. The van der Waals surface area contributed by atoms with Crippen molar-refractivity contribution in [3.63, 3.8) is 0 Å². The minimum absolute atomic E-state index is 0.0275. The first-order valence-electron chi connectivity index (χ1n) is 7.89. The zero-order valence-corrected chi connectivity index (χ0v) is 15.3. The Labute approximate surface area is 153 Å². The zero-order valence-electron chi connectivity index (χ0n) is 13.7. The lowest BCUT2D eigenvalue weighted by molar-refractivity contribution is -0.121. The summed E-state index contributed by atoms with van der Waals surface area (Å²) in [6, 6.07) is 5.37. The van der Waals surface area contributed by atoms with Crippen LogP contribution in [0.4, 0.5) is 5.69 Å². The molecule has 0 spiro atoms. The van der Waals surface area contributed by atoms with E-state index in [1.165, 1.54) is 29.8 Å². The van der Waals surface area contributed by atoms with Crippen molar-refractivity contribution in [2.45, 2.75) is 12.8 Å². The minimum Gasteiger partial charge on any atom is -0.465 e. The van der Waals surface area contributed by atoms with E-state index in [-0.39, 0.29) is 17.7 Å². The van der Waals surface area contributed by atoms with Gasteiger partial charge in [0, 0.05) is 19.0 Å². The molecule has 8 heteroatoms. The normalized spacial score (nSPS) is 15.0. The van der Waals surface area contributed by atoms with E-state index in [0.717, 1.165) is 4.88 Å². The van der Waals surface area contributed by atoms with Gasteiger partial charge in [-0.3, -0.25) is 9.59 Å². The average molecular weight is 378 g/mol. The van der Waals surface area contributed by atoms with Crippen LogP contribution in [0.25, 0.3) is 0 Å². The highest BCUT2D eigenvalue weighted by molar-refractivity contribution is 7.12. The van der Waals surface area contributed by atoms with Gasteiger partial charge in [-0.25, -0.2) is 4.79 Å². The molecule has 25 heavy (non-hydrogen) atoms. The Balaban J connectivity index is 1.56. The van der Waals surface area contributed by atoms with E-state index in [1.807, 2.05) is 17.5 Å². The molecule has 0 aliphatic carbocycles. The van der Waals surface area contributed by atoms with Crippen molar-refractivity contribution in [3.05, 3.63) is 38.7 Å². The van der Waals surface area contributed by atoms with Crippen LogP contribution in [0.1, 0.15) is 32.2 Å². The molecule has 2 aromatic heterocycles. The van der Waals surface area contributed by atoms with E-state index >= 15 is 0 Å². The minimum atomic E-state index is -0.457. The lowest BCUT2D eigenvalue weighted by Crippen LogP contribution is -2.41. The van der Waals surface area contributed by atoms with Crippen LogP contribution < -0.4 is 5.32 Å². The van der Waals surface area contributed by atoms with Gasteiger partial charge >= 0.3 is 5.97 Å². The van der Waals surface area contributed by atoms with E-state index in [4.69, 9.17) is 4.74 Å². The molecule has 3 heterocycles. The number of carbonyl (C=O) groups is 3. The molecule has 0 unspecified atom stereocenters. The number of rotatable bonds is 4. The number of thiophene rings is 2. The van der Waals surface area contributed by atoms with Crippen LogP contribution in [-0.4, -0.2) is 42.9 Å². The van der Waals surface area contributed by atoms with Crippen molar-refractivity contribution in [2.24, 2.45) is 5.92 Å². The summed E-state index contributed by atoms with van der Waals surface area (Å²) in [5.41, 5.74) is 0.485. The molecule has 0 atom stereocenters. The highest BCUT2D eigenvalue weighted by atomic mass is 32.1. The van der Waals surface area contributed by atoms with Gasteiger partial charge in [-0.2, -0.15) is 0 Å². The highest BCUT2D eigenvalue weighted by Crippen LogP contribution is 2.26. The summed E-state index contributed by atoms with van der Waals surface area (Å²) >= 11 is 2.66. The molecule has 0 saturated carbocycles. The first-order valence-corrected chi connectivity index (χ1v) is 9.65. The molecule has 1 aliphatic heterocycles. The Kier molecular flexibility index (Phi) is 5.50. The third kappa shape index (κ3) is 3.91. The molecule has 1 fully saturated rings. The Morgan fingerprint density at radius 3 is 2.56 bits per heavy atom. The number of ether oxygens (including phenoxy) is 1. The Morgan fingerprint density at radius 2 is 1.92 bits per heavy atom. The standard InChI is InChI=1S/C17H18N2O4S2/c1-23-17(22)14-12(6-10-25-14)18-15(20)11-4-7-19(8-5-11)16(21)13-3-2-9-24-13/h2-3,6,9-11H,4-5,7-8H2,1H3,(H,18,20). The van der Waals surface area contributed by atoms with Crippen LogP contribution in [-0.2, 0) is 9.53 Å². The third-order valence-electron chi connectivity index (χ3n) is 4.18. The van der Waals surface area contributed by atoms with Gasteiger partial charge in [-0.05, 0) is 35.7 Å². The van der Waals surface area contributed by atoms with Gasteiger partial charge in [-0.15, -0.1) is 22.7 Å². The smallest absolute Gasteiger partial charge is 0.350 e. The number of amides is 2. The second-order valence-corrected chi connectivity index (χ2v) is 7.55. The molecule has 1 aliphatic rings. The van der Waals surface area contributed by atoms with Crippen molar-refractivity contribution in [2.75, 3.05) is 25.5 Å². The van der Waals surface area contributed by atoms with Crippen LogP contribution in [0.3, 0.4) is 0 Å².